The Morgan fingerprint density at radius 1 is 1.31 bits per heavy atom. The van der Waals surface area contributed by atoms with E-state index in [1.165, 1.54) is 18.3 Å². The summed E-state index contributed by atoms with van der Waals surface area (Å²) in [6.07, 6.45) is 4.67. The molecule has 0 amide bonds. The van der Waals surface area contributed by atoms with Crippen molar-refractivity contribution in [2.45, 2.75) is 40.0 Å². The van der Waals surface area contributed by atoms with Crippen LogP contribution < -0.4 is 5.73 Å². The quantitative estimate of drug-likeness (QED) is 0.776. The summed E-state index contributed by atoms with van der Waals surface area (Å²) in [4.78, 5) is 11.1. The predicted molar refractivity (Wildman–Crippen MR) is 68.4 cm³/mol. The van der Waals surface area contributed by atoms with Gasteiger partial charge in [-0.05, 0) is 11.5 Å². The maximum absolute atomic E-state index is 5.77. The van der Waals surface area contributed by atoms with Crippen LogP contribution in [0.4, 0.5) is 5.82 Å². The number of aromatic nitrogens is 3. The molecule has 2 rings (SSSR count). The van der Waals surface area contributed by atoms with Gasteiger partial charge in [-0.2, -0.15) is 0 Å². The van der Waals surface area contributed by atoms with Crippen molar-refractivity contribution < 1.29 is 0 Å². The van der Waals surface area contributed by atoms with Crippen LogP contribution >= 0.6 is 0 Å². The second-order valence-electron chi connectivity index (χ2n) is 4.09. The Labute approximate surface area is 96.3 Å². The van der Waals surface area contributed by atoms with E-state index in [-0.39, 0.29) is 0 Å². The summed E-state index contributed by atoms with van der Waals surface area (Å²) in [7, 11) is 0. The van der Waals surface area contributed by atoms with Gasteiger partial charge in [0, 0.05) is 6.20 Å². The van der Waals surface area contributed by atoms with E-state index in [1.54, 1.807) is 0 Å². The molecule has 0 aliphatic carbocycles. The second kappa shape index (κ2) is 5.49. The van der Waals surface area contributed by atoms with Gasteiger partial charge < -0.3 is 10.7 Å². The molecule has 0 unspecified atom stereocenters. The van der Waals surface area contributed by atoms with E-state index >= 15 is 0 Å². The minimum atomic E-state index is 0.432. The molecule has 2 aromatic heterocycles. The molecule has 0 aliphatic heterocycles. The fourth-order valence-corrected chi connectivity index (χ4v) is 1.47. The molecule has 0 atom stereocenters. The van der Waals surface area contributed by atoms with Gasteiger partial charge in [0.2, 0.25) is 0 Å². The minimum absolute atomic E-state index is 0.432. The Balaban J connectivity index is 0.000000386. The number of anilines is 1. The van der Waals surface area contributed by atoms with E-state index in [2.05, 4.69) is 42.6 Å². The Morgan fingerprint density at radius 2 is 1.94 bits per heavy atom. The fourth-order valence-electron chi connectivity index (χ4n) is 1.47. The largest absolute Gasteiger partial charge is 0.383 e. The summed E-state index contributed by atoms with van der Waals surface area (Å²) in [5.41, 5.74) is 7.76. The van der Waals surface area contributed by atoms with Crippen molar-refractivity contribution in [3.05, 3.63) is 18.1 Å². The van der Waals surface area contributed by atoms with Crippen LogP contribution in [-0.4, -0.2) is 15.0 Å². The monoisotopic (exact) mass is 220 g/mol. The highest BCUT2D eigenvalue weighted by molar-refractivity contribution is 5.89. The van der Waals surface area contributed by atoms with Crippen LogP contribution in [0.5, 0.6) is 0 Å². The maximum Gasteiger partial charge on any atom is 0.143 e. The topological polar surface area (TPSA) is 67.6 Å². The molecular formula is C12H20N4. The zero-order valence-corrected chi connectivity index (χ0v) is 10.4. The number of rotatable bonds is 1. The summed E-state index contributed by atoms with van der Waals surface area (Å²) < 4.78 is 0. The predicted octanol–water partition coefficient (Wildman–Crippen LogP) is 3.08. The van der Waals surface area contributed by atoms with Crippen molar-refractivity contribution in [2.75, 3.05) is 5.73 Å². The highest BCUT2D eigenvalue weighted by atomic mass is 15.0. The average molecular weight is 220 g/mol. The van der Waals surface area contributed by atoms with E-state index in [0.29, 0.717) is 11.7 Å². The number of hydrogen-bond acceptors (Lipinski definition) is 3. The Kier molecular flexibility index (Phi) is 4.28. The number of H-pyrrole nitrogens is 1. The molecule has 2 aromatic rings. The van der Waals surface area contributed by atoms with Crippen molar-refractivity contribution in [1.82, 2.24) is 15.0 Å². The fraction of sp³-hybridized carbons (Fsp3) is 0.500. The first kappa shape index (κ1) is 12.5. The molecule has 4 nitrogen and oxygen atoms in total. The van der Waals surface area contributed by atoms with E-state index in [1.807, 2.05) is 6.20 Å². The summed E-state index contributed by atoms with van der Waals surface area (Å²) in [5, 5.41) is 0.956. The third-order valence-electron chi connectivity index (χ3n) is 2.15. The van der Waals surface area contributed by atoms with E-state index < -0.39 is 0 Å². The van der Waals surface area contributed by atoms with E-state index in [0.717, 1.165) is 11.0 Å². The number of nitrogens with zero attached hydrogens (tertiary/aromatic N) is 2. The number of nitrogens with one attached hydrogen (secondary N) is 1. The van der Waals surface area contributed by atoms with Gasteiger partial charge in [-0.3, -0.25) is 0 Å². The number of nitrogen functional groups attached to an aromatic ring is 1. The van der Waals surface area contributed by atoms with Crippen molar-refractivity contribution >= 4 is 16.9 Å². The van der Waals surface area contributed by atoms with Crippen molar-refractivity contribution in [2.24, 2.45) is 0 Å². The smallest absolute Gasteiger partial charge is 0.143 e. The summed E-state index contributed by atoms with van der Waals surface area (Å²) in [6, 6.07) is 0. The normalized spacial score (nSPS) is 10.3. The van der Waals surface area contributed by atoms with Crippen molar-refractivity contribution in [3.63, 3.8) is 0 Å². The van der Waals surface area contributed by atoms with Crippen LogP contribution in [0.1, 0.15) is 45.6 Å². The van der Waals surface area contributed by atoms with Gasteiger partial charge in [-0.25, -0.2) is 9.97 Å². The van der Waals surface area contributed by atoms with Crippen LogP contribution in [0.3, 0.4) is 0 Å². The highest BCUT2D eigenvalue weighted by Crippen LogP contribution is 2.26. The van der Waals surface area contributed by atoms with Crippen LogP contribution in [0.25, 0.3) is 11.0 Å². The van der Waals surface area contributed by atoms with Gasteiger partial charge in [0.05, 0.1) is 5.39 Å². The van der Waals surface area contributed by atoms with Crippen molar-refractivity contribution in [3.8, 4) is 0 Å². The average Bonchev–Trinajstić information content (AvgIpc) is 2.64. The number of fused-ring (bicyclic) bond motifs is 1. The number of aromatic amines is 1. The zero-order chi connectivity index (χ0) is 12.1. The zero-order valence-electron chi connectivity index (χ0n) is 10.4. The van der Waals surface area contributed by atoms with Crippen LogP contribution in [0.15, 0.2) is 12.5 Å². The first-order valence-corrected chi connectivity index (χ1v) is 5.69. The summed E-state index contributed by atoms with van der Waals surface area (Å²) in [6.45, 7) is 8.49. The van der Waals surface area contributed by atoms with E-state index in [9.17, 15) is 0 Å². The first-order chi connectivity index (χ1) is 7.61. The number of hydrogen-bond donors (Lipinski definition) is 2. The standard InChI is InChI=1S/C9H12N4.C3H8/c1-5(2)6-3-11-9-7(6)8(10)12-4-13-9;1-3-2/h3-5H,1-2H3,(H3,10,11,12,13);3H2,1-2H3. The molecular weight excluding hydrogens is 200 g/mol. The molecule has 4 heteroatoms. The van der Waals surface area contributed by atoms with Gasteiger partial charge >= 0.3 is 0 Å². The molecule has 16 heavy (non-hydrogen) atoms. The first-order valence-electron chi connectivity index (χ1n) is 5.69. The lowest BCUT2D eigenvalue weighted by Crippen LogP contribution is -1.94. The Hall–Kier alpha value is -1.58. The Morgan fingerprint density at radius 3 is 2.50 bits per heavy atom. The maximum atomic E-state index is 5.77. The van der Waals surface area contributed by atoms with Gasteiger partial charge in [0.1, 0.15) is 17.8 Å². The molecule has 0 fully saturated rings. The summed E-state index contributed by atoms with van der Waals surface area (Å²) in [5.74, 6) is 0.983. The summed E-state index contributed by atoms with van der Waals surface area (Å²) >= 11 is 0. The second-order valence-corrected chi connectivity index (χ2v) is 4.09. The number of nitrogens with two attached hydrogens (primary N) is 1. The molecule has 0 saturated heterocycles. The minimum Gasteiger partial charge on any atom is -0.383 e. The van der Waals surface area contributed by atoms with Crippen LogP contribution in [0, 0.1) is 0 Å². The molecule has 0 aromatic carbocycles. The molecule has 0 saturated carbocycles. The molecule has 88 valence electrons. The highest BCUT2D eigenvalue weighted by Gasteiger charge is 2.10. The molecule has 0 aliphatic rings. The van der Waals surface area contributed by atoms with Crippen molar-refractivity contribution in [1.29, 1.82) is 0 Å². The molecule has 0 bridgehead atoms. The lowest BCUT2D eigenvalue weighted by Gasteiger charge is -2.02. The molecule has 0 radical (unpaired) electrons. The Bertz CT molecular complexity index is 445. The third-order valence-corrected chi connectivity index (χ3v) is 2.15. The van der Waals surface area contributed by atoms with Gasteiger partial charge in [-0.15, -0.1) is 0 Å². The van der Waals surface area contributed by atoms with E-state index in [4.69, 9.17) is 5.73 Å². The molecule has 0 spiro atoms. The lowest BCUT2D eigenvalue weighted by molar-refractivity contribution is 0.875. The third kappa shape index (κ3) is 2.51. The lowest BCUT2D eigenvalue weighted by atomic mass is 10.0. The van der Waals surface area contributed by atoms with Crippen LogP contribution in [-0.2, 0) is 0 Å². The van der Waals surface area contributed by atoms with Gasteiger partial charge in [-0.1, -0.05) is 34.1 Å². The molecule has 3 N–H and O–H groups in total. The SMILES string of the molecule is CC(C)c1c[nH]c2ncnc(N)c12.CCC. The molecule has 2 heterocycles. The van der Waals surface area contributed by atoms with Crippen LogP contribution in [0.2, 0.25) is 0 Å². The van der Waals surface area contributed by atoms with Gasteiger partial charge in [0.25, 0.3) is 0 Å². The van der Waals surface area contributed by atoms with Gasteiger partial charge in [0.15, 0.2) is 0 Å².